The topological polar surface area (TPSA) is 137 Å². The van der Waals surface area contributed by atoms with Crippen molar-refractivity contribution < 1.29 is 22.9 Å². The number of halogens is 1. The molecule has 0 saturated carbocycles. The fourth-order valence-corrected chi connectivity index (χ4v) is 5.64. The van der Waals surface area contributed by atoms with Gasteiger partial charge in [0.05, 0.1) is 13.7 Å². The number of sulfonamides is 1. The Kier molecular flexibility index (Phi) is 8.08. The minimum atomic E-state index is -4.15. The molecule has 1 atom stereocenters. The summed E-state index contributed by atoms with van der Waals surface area (Å²) >= 11 is 3.26. The molecule has 1 N–H and O–H groups in total. The number of nitrogens with zero attached hydrogens (tertiary/aromatic N) is 4. The molecule has 2 heterocycles. The second-order valence-corrected chi connectivity index (χ2v) is 10.5. The van der Waals surface area contributed by atoms with Gasteiger partial charge in [0, 0.05) is 24.0 Å². The molecule has 1 aromatic heterocycles. The largest absolute Gasteiger partial charge is 0.495 e. The number of nitro groups is 1. The normalized spacial score (nSPS) is 15.9. The molecule has 1 aliphatic heterocycles. The number of carbonyl (C=O) groups excluding carboxylic acids is 1. The van der Waals surface area contributed by atoms with Crippen LogP contribution in [0.15, 0.2) is 40.0 Å². The van der Waals surface area contributed by atoms with E-state index in [-0.39, 0.29) is 35.5 Å². The summed E-state index contributed by atoms with van der Waals surface area (Å²) in [6, 6.07) is 3.43. The molecule has 180 valence electrons. The summed E-state index contributed by atoms with van der Waals surface area (Å²) in [6.07, 6.45) is 4.39. The number of aryl methyl sites for hydroxylation is 1. The van der Waals surface area contributed by atoms with Crippen LogP contribution >= 0.6 is 15.9 Å². The van der Waals surface area contributed by atoms with E-state index in [1.54, 1.807) is 11.0 Å². The van der Waals surface area contributed by atoms with Crippen LogP contribution in [0.1, 0.15) is 26.2 Å². The number of ether oxygens (including phenoxy) is 1. The minimum absolute atomic E-state index is 0.0115. The van der Waals surface area contributed by atoms with E-state index in [0.717, 1.165) is 12.8 Å². The number of aromatic nitrogens is 2. The number of piperidine rings is 1. The summed E-state index contributed by atoms with van der Waals surface area (Å²) in [7, 11) is -2.79. The van der Waals surface area contributed by atoms with E-state index < -0.39 is 21.0 Å². The van der Waals surface area contributed by atoms with Crippen LogP contribution in [0, 0.1) is 16.0 Å². The van der Waals surface area contributed by atoms with Gasteiger partial charge in [-0.2, -0.15) is 4.72 Å². The van der Waals surface area contributed by atoms with Crippen LogP contribution < -0.4 is 9.46 Å². The highest BCUT2D eigenvalue weighted by molar-refractivity contribution is 9.10. The second-order valence-electron chi connectivity index (χ2n) is 7.94. The molecule has 0 bridgehead atoms. The number of carbonyl (C=O) groups is 1. The third-order valence-electron chi connectivity index (χ3n) is 5.62. The molecule has 1 fully saturated rings. The fourth-order valence-electron chi connectivity index (χ4n) is 3.71. The number of methoxy groups -OCH3 is 1. The number of amides is 1. The van der Waals surface area contributed by atoms with Crippen LogP contribution in [0.4, 0.5) is 5.95 Å². The van der Waals surface area contributed by atoms with Gasteiger partial charge in [-0.1, -0.05) is 27.8 Å². The van der Waals surface area contributed by atoms with Gasteiger partial charge in [0.15, 0.2) is 0 Å². The van der Waals surface area contributed by atoms with Crippen LogP contribution in [-0.2, 0) is 21.4 Å². The van der Waals surface area contributed by atoms with Gasteiger partial charge in [0.25, 0.3) is 0 Å². The Balaban J connectivity index is 1.87. The number of rotatable bonds is 9. The Morgan fingerprint density at radius 1 is 1.39 bits per heavy atom. The van der Waals surface area contributed by atoms with Crippen molar-refractivity contribution in [2.24, 2.45) is 5.92 Å². The molecule has 0 radical (unpaired) electrons. The molecule has 0 spiro atoms. The smallest absolute Gasteiger partial charge is 0.434 e. The van der Waals surface area contributed by atoms with Gasteiger partial charge in [-0.3, -0.25) is 4.79 Å². The van der Waals surface area contributed by atoms with Crippen molar-refractivity contribution >= 4 is 37.8 Å². The summed E-state index contributed by atoms with van der Waals surface area (Å²) in [5.41, 5.74) is 0. The van der Waals surface area contributed by atoms with Gasteiger partial charge in [-0.15, -0.1) is 0 Å². The Bertz CT molecular complexity index is 1110. The first kappa shape index (κ1) is 25.1. The first-order valence-electron chi connectivity index (χ1n) is 10.4. The summed E-state index contributed by atoms with van der Waals surface area (Å²) < 4.78 is 36.0. The maximum atomic E-state index is 13.3. The Morgan fingerprint density at radius 3 is 2.73 bits per heavy atom. The van der Waals surface area contributed by atoms with Gasteiger partial charge < -0.3 is 19.8 Å². The van der Waals surface area contributed by atoms with E-state index in [1.807, 2.05) is 0 Å². The van der Waals surface area contributed by atoms with Gasteiger partial charge in [-0.05, 0) is 41.9 Å². The molecule has 1 aliphatic rings. The molecule has 1 aromatic carbocycles. The lowest BCUT2D eigenvalue weighted by Gasteiger charge is -2.33. The van der Waals surface area contributed by atoms with Crippen molar-refractivity contribution in [2.75, 3.05) is 20.2 Å². The van der Waals surface area contributed by atoms with Crippen molar-refractivity contribution in [1.82, 2.24) is 19.2 Å². The van der Waals surface area contributed by atoms with Crippen molar-refractivity contribution in [2.45, 2.75) is 43.7 Å². The minimum Gasteiger partial charge on any atom is -0.495 e. The number of hydrogen-bond donors (Lipinski definition) is 1. The van der Waals surface area contributed by atoms with E-state index in [0.29, 0.717) is 23.5 Å². The van der Waals surface area contributed by atoms with Crippen molar-refractivity contribution in [3.63, 3.8) is 0 Å². The maximum absolute atomic E-state index is 13.3. The van der Waals surface area contributed by atoms with Crippen LogP contribution in [0.2, 0.25) is 0 Å². The van der Waals surface area contributed by atoms with Gasteiger partial charge >= 0.3 is 5.95 Å². The zero-order valence-corrected chi connectivity index (χ0v) is 20.7. The molecular formula is C20H26BrN5O6S. The van der Waals surface area contributed by atoms with E-state index in [9.17, 15) is 23.3 Å². The monoisotopic (exact) mass is 543 g/mol. The lowest BCUT2D eigenvalue weighted by atomic mass is 9.98. The first-order chi connectivity index (χ1) is 15.6. The molecule has 0 aliphatic carbocycles. The molecule has 1 saturated heterocycles. The molecule has 3 rings (SSSR count). The van der Waals surface area contributed by atoms with Gasteiger partial charge in [0.2, 0.25) is 15.9 Å². The predicted molar refractivity (Wildman–Crippen MR) is 123 cm³/mol. The summed E-state index contributed by atoms with van der Waals surface area (Å²) in [5, 5.41) is 11.2. The number of imidazole rings is 1. The van der Waals surface area contributed by atoms with E-state index in [4.69, 9.17) is 4.74 Å². The standard InChI is InChI=1S/C20H26BrN5O6S/c1-14-5-9-24(10-6-14)19(27)16(7-11-25-12-8-22-20(25)26(28)29)23-33(30,31)18-13-15(21)3-4-17(18)32-2/h3-4,8,12-14,16,23H,5-7,9-11H2,1-2H3. The third-order valence-corrected chi connectivity index (χ3v) is 7.61. The molecule has 1 unspecified atom stereocenters. The van der Waals surface area contributed by atoms with Crippen molar-refractivity contribution in [3.8, 4) is 5.75 Å². The Labute approximate surface area is 200 Å². The number of likely N-dealkylation sites (tertiary alicyclic amines) is 1. The van der Waals surface area contributed by atoms with Crippen LogP contribution in [0.25, 0.3) is 0 Å². The molecular weight excluding hydrogens is 518 g/mol. The molecule has 1 amide bonds. The highest BCUT2D eigenvalue weighted by Gasteiger charge is 2.33. The lowest BCUT2D eigenvalue weighted by Crippen LogP contribution is -2.51. The number of hydrogen-bond acceptors (Lipinski definition) is 7. The van der Waals surface area contributed by atoms with Gasteiger partial charge in [0.1, 0.15) is 29.1 Å². The maximum Gasteiger partial charge on any atom is 0.434 e. The Hall–Kier alpha value is -2.51. The first-order valence-corrected chi connectivity index (χ1v) is 12.7. The second kappa shape index (κ2) is 10.6. The summed E-state index contributed by atoms with van der Waals surface area (Å²) in [6.45, 7) is 3.21. The highest BCUT2D eigenvalue weighted by atomic mass is 79.9. The van der Waals surface area contributed by atoms with Gasteiger partial charge in [-0.25, -0.2) is 13.0 Å². The highest BCUT2D eigenvalue weighted by Crippen LogP contribution is 2.28. The third kappa shape index (κ3) is 6.09. The van der Waals surface area contributed by atoms with Crippen molar-refractivity contribution in [1.29, 1.82) is 0 Å². The van der Waals surface area contributed by atoms with Crippen LogP contribution in [0.5, 0.6) is 5.75 Å². The molecule has 13 heteroatoms. The van der Waals surface area contributed by atoms with E-state index in [2.05, 4.69) is 32.6 Å². The predicted octanol–water partition coefficient (Wildman–Crippen LogP) is 2.56. The molecule has 2 aromatic rings. The average molecular weight is 544 g/mol. The van der Waals surface area contributed by atoms with Crippen LogP contribution in [0.3, 0.4) is 0 Å². The quantitative estimate of drug-likeness (QED) is 0.379. The summed E-state index contributed by atoms with van der Waals surface area (Å²) in [5.74, 6) is -0.107. The zero-order chi connectivity index (χ0) is 24.2. The SMILES string of the molecule is COc1ccc(Br)cc1S(=O)(=O)NC(CCn1ccnc1[N+](=O)[O-])C(=O)N1CCC(C)CC1. The van der Waals surface area contributed by atoms with Crippen LogP contribution in [-0.4, -0.2) is 59.9 Å². The molecule has 33 heavy (non-hydrogen) atoms. The number of nitrogens with one attached hydrogen (secondary N) is 1. The molecule has 11 nitrogen and oxygen atoms in total. The number of benzene rings is 1. The zero-order valence-electron chi connectivity index (χ0n) is 18.3. The van der Waals surface area contributed by atoms with E-state index in [1.165, 1.54) is 36.2 Å². The van der Waals surface area contributed by atoms with Crippen molar-refractivity contribution in [3.05, 3.63) is 45.2 Å². The lowest BCUT2D eigenvalue weighted by molar-refractivity contribution is -0.396. The van der Waals surface area contributed by atoms with E-state index >= 15 is 0 Å². The average Bonchev–Trinajstić information content (AvgIpc) is 3.25. The fraction of sp³-hybridized carbons (Fsp3) is 0.500. The summed E-state index contributed by atoms with van der Waals surface area (Å²) in [4.78, 5) is 29.1. The Morgan fingerprint density at radius 2 is 2.09 bits per heavy atom.